The summed E-state index contributed by atoms with van der Waals surface area (Å²) in [5.41, 5.74) is 1.09. The Kier molecular flexibility index (Phi) is 4.83. The Hall–Kier alpha value is -2.14. The Balaban J connectivity index is 1.42. The monoisotopic (exact) mass is 341 g/mol. The maximum atomic E-state index is 13.0. The maximum absolute atomic E-state index is 13.0. The Labute approximate surface area is 148 Å². The fourth-order valence-corrected chi connectivity index (χ4v) is 3.59. The maximum Gasteiger partial charge on any atom is 0.147 e. The molecule has 1 aromatic carbocycles. The van der Waals surface area contributed by atoms with Crippen LogP contribution < -0.4 is 9.64 Å². The fraction of sp³-hybridized carbons (Fsp3) is 0.450. The smallest absolute Gasteiger partial charge is 0.147 e. The number of benzene rings is 1. The Bertz CT molecular complexity index is 702. The third-order valence-electron chi connectivity index (χ3n) is 5.23. The third kappa shape index (κ3) is 3.93. The normalized spacial score (nSPS) is 19.3. The van der Waals surface area contributed by atoms with Crippen LogP contribution in [0.1, 0.15) is 25.7 Å². The first-order valence-electron chi connectivity index (χ1n) is 9.15. The number of anilines is 1. The highest BCUT2D eigenvalue weighted by atomic mass is 19.1. The van der Waals surface area contributed by atoms with E-state index in [9.17, 15) is 4.39 Å². The van der Waals surface area contributed by atoms with Gasteiger partial charge in [0.2, 0.25) is 0 Å². The van der Waals surface area contributed by atoms with Crippen molar-refractivity contribution in [2.75, 3.05) is 31.1 Å². The van der Waals surface area contributed by atoms with Gasteiger partial charge in [0.05, 0.1) is 18.1 Å². The van der Waals surface area contributed by atoms with E-state index in [1.807, 2.05) is 12.3 Å². The van der Waals surface area contributed by atoms with E-state index in [1.165, 1.54) is 44.4 Å². The molecule has 25 heavy (non-hydrogen) atoms. The van der Waals surface area contributed by atoms with Gasteiger partial charge in [-0.2, -0.15) is 0 Å². The molecule has 2 aliphatic rings. The highest BCUT2D eigenvalue weighted by Crippen LogP contribution is 2.28. The number of rotatable bonds is 4. The van der Waals surface area contributed by atoms with E-state index >= 15 is 0 Å². The van der Waals surface area contributed by atoms with Gasteiger partial charge in [0, 0.05) is 38.3 Å². The van der Waals surface area contributed by atoms with Crippen molar-refractivity contribution in [3.8, 4) is 11.5 Å². The number of pyridine rings is 1. The SMILES string of the molecule is Fc1ccc(Oc2cncc(N3CCCN(C4CCC4)CC3)c2)cc1. The van der Waals surface area contributed by atoms with Crippen LogP contribution in [0.25, 0.3) is 0 Å². The van der Waals surface area contributed by atoms with Gasteiger partial charge in [0.15, 0.2) is 0 Å². The van der Waals surface area contributed by atoms with Crippen molar-refractivity contribution in [3.63, 3.8) is 0 Å². The molecule has 1 aliphatic heterocycles. The fourth-order valence-electron chi connectivity index (χ4n) is 3.59. The zero-order chi connectivity index (χ0) is 17.1. The second kappa shape index (κ2) is 7.40. The van der Waals surface area contributed by atoms with Crippen LogP contribution in [-0.4, -0.2) is 42.1 Å². The summed E-state index contributed by atoms with van der Waals surface area (Å²) in [5, 5.41) is 0. The van der Waals surface area contributed by atoms with Gasteiger partial charge < -0.3 is 9.64 Å². The largest absolute Gasteiger partial charge is 0.456 e. The molecule has 1 saturated heterocycles. The van der Waals surface area contributed by atoms with Gasteiger partial charge in [-0.25, -0.2) is 4.39 Å². The summed E-state index contributed by atoms with van der Waals surface area (Å²) in [4.78, 5) is 9.37. The molecule has 0 atom stereocenters. The van der Waals surface area contributed by atoms with E-state index in [4.69, 9.17) is 4.74 Å². The third-order valence-corrected chi connectivity index (χ3v) is 5.23. The number of nitrogens with zero attached hydrogens (tertiary/aromatic N) is 3. The van der Waals surface area contributed by atoms with Crippen LogP contribution >= 0.6 is 0 Å². The van der Waals surface area contributed by atoms with Gasteiger partial charge in [-0.15, -0.1) is 0 Å². The van der Waals surface area contributed by atoms with E-state index in [2.05, 4.69) is 14.8 Å². The van der Waals surface area contributed by atoms with Crippen LogP contribution in [0.4, 0.5) is 10.1 Å². The van der Waals surface area contributed by atoms with Crippen LogP contribution in [0.2, 0.25) is 0 Å². The molecule has 2 fully saturated rings. The zero-order valence-electron chi connectivity index (χ0n) is 14.4. The quantitative estimate of drug-likeness (QED) is 0.838. The summed E-state index contributed by atoms with van der Waals surface area (Å²) in [7, 11) is 0. The Morgan fingerprint density at radius 3 is 2.52 bits per heavy atom. The second-order valence-electron chi connectivity index (χ2n) is 6.90. The first-order valence-corrected chi connectivity index (χ1v) is 9.15. The summed E-state index contributed by atoms with van der Waals surface area (Å²) in [6, 6.07) is 8.89. The number of ether oxygens (including phenoxy) is 1. The highest BCUT2D eigenvalue weighted by molar-refractivity contribution is 5.49. The van der Waals surface area contributed by atoms with E-state index in [-0.39, 0.29) is 5.82 Å². The average molecular weight is 341 g/mol. The number of halogens is 1. The summed E-state index contributed by atoms with van der Waals surface area (Å²) in [6.07, 6.45) is 8.89. The number of hydrogen-bond acceptors (Lipinski definition) is 4. The van der Waals surface area contributed by atoms with Gasteiger partial charge in [-0.05, 0) is 43.5 Å². The molecule has 0 spiro atoms. The predicted octanol–water partition coefficient (Wildman–Crippen LogP) is 4.08. The molecule has 1 aliphatic carbocycles. The van der Waals surface area contributed by atoms with Gasteiger partial charge in [0.25, 0.3) is 0 Å². The predicted molar refractivity (Wildman–Crippen MR) is 96.8 cm³/mol. The molecule has 0 amide bonds. The minimum atomic E-state index is -0.264. The van der Waals surface area contributed by atoms with Crippen molar-refractivity contribution in [1.82, 2.24) is 9.88 Å². The standard InChI is InChI=1S/C20H24FN3O/c21-16-5-7-19(8-6-16)25-20-13-18(14-22-15-20)24-10-2-9-23(11-12-24)17-3-1-4-17/h5-8,13-15,17H,1-4,9-12H2. The summed E-state index contributed by atoms with van der Waals surface area (Å²) >= 11 is 0. The van der Waals surface area contributed by atoms with Crippen LogP contribution in [0.15, 0.2) is 42.7 Å². The molecule has 2 heterocycles. The molecule has 4 nitrogen and oxygen atoms in total. The second-order valence-corrected chi connectivity index (χ2v) is 6.90. The van der Waals surface area contributed by atoms with Crippen LogP contribution in [0.3, 0.4) is 0 Å². The topological polar surface area (TPSA) is 28.6 Å². The van der Waals surface area contributed by atoms with E-state index in [1.54, 1.807) is 18.3 Å². The summed E-state index contributed by atoms with van der Waals surface area (Å²) in [6.45, 7) is 4.39. The molecule has 0 N–H and O–H groups in total. The molecule has 2 aromatic rings. The molecule has 0 radical (unpaired) electrons. The van der Waals surface area contributed by atoms with Crippen LogP contribution in [-0.2, 0) is 0 Å². The van der Waals surface area contributed by atoms with Crippen molar-refractivity contribution in [1.29, 1.82) is 0 Å². The Morgan fingerprint density at radius 2 is 1.76 bits per heavy atom. The van der Waals surface area contributed by atoms with Gasteiger partial charge in [-0.3, -0.25) is 9.88 Å². The van der Waals surface area contributed by atoms with Crippen molar-refractivity contribution in [3.05, 3.63) is 48.5 Å². The van der Waals surface area contributed by atoms with Gasteiger partial charge >= 0.3 is 0 Å². The lowest BCUT2D eigenvalue weighted by Gasteiger charge is -2.36. The minimum absolute atomic E-state index is 0.264. The molecule has 4 rings (SSSR count). The van der Waals surface area contributed by atoms with E-state index in [0.717, 1.165) is 31.4 Å². The Morgan fingerprint density at radius 1 is 0.920 bits per heavy atom. The summed E-state index contributed by atoms with van der Waals surface area (Å²) in [5.74, 6) is 1.04. The lowest BCUT2D eigenvalue weighted by atomic mass is 9.91. The van der Waals surface area contributed by atoms with Crippen molar-refractivity contribution >= 4 is 5.69 Å². The first-order chi connectivity index (χ1) is 12.3. The van der Waals surface area contributed by atoms with Crippen LogP contribution in [0.5, 0.6) is 11.5 Å². The lowest BCUT2D eigenvalue weighted by Crippen LogP contribution is -2.42. The lowest BCUT2D eigenvalue weighted by molar-refractivity contribution is 0.136. The molecule has 0 bridgehead atoms. The molecular weight excluding hydrogens is 317 g/mol. The zero-order valence-corrected chi connectivity index (χ0v) is 14.4. The molecule has 0 unspecified atom stereocenters. The molecule has 132 valence electrons. The first kappa shape index (κ1) is 16.3. The average Bonchev–Trinajstić information content (AvgIpc) is 2.82. The van der Waals surface area contributed by atoms with E-state index in [0.29, 0.717) is 11.5 Å². The highest BCUT2D eigenvalue weighted by Gasteiger charge is 2.26. The molecule has 1 aromatic heterocycles. The molecule has 5 heteroatoms. The van der Waals surface area contributed by atoms with Gasteiger partial charge in [-0.1, -0.05) is 6.42 Å². The van der Waals surface area contributed by atoms with Crippen molar-refractivity contribution < 1.29 is 9.13 Å². The minimum Gasteiger partial charge on any atom is -0.456 e. The van der Waals surface area contributed by atoms with Crippen molar-refractivity contribution in [2.45, 2.75) is 31.7 Å². The van der Waals surface area contributed by atoms with Crippen LogP contribution in [0, 0.1) is 5.82 Å². The molecular formula is C20H24FN3O. The molecule has 1 saturated carbocycles. The van der Waals surface area contributed by atoms with Gasteiger partial charge in [0.1, 0.15) is 17.3 Å². The number of aromatic nitrogens is 1. The van der Waals surface area contributed by atoms with E-state index < -0.39 is 0 Å². The summed E-state index contributed by atoms with van der Waals surface area (Å²) < 4.78 is 18.8. The number of hydrogen-bond donors (Lipinski definition) is 0. The van der Waals surface area contributed by atoms with Crippen molar-refractivity contribution in [2.24, 2.45) is 0 Å².